The van der Waals surface area contributed by atoms with Gasteiger partial charge in [0, 0.05) is 0 Å². The highest BCUT2D eigenvalue weighted by Crippen LogP contribution is 2.17. The average Bonchev–Trinajstić information content (AvgIpc) is 2.16. The van der Waals surface area contributed by atoms with Gasteiger partial charge in [-0.25, -0.2) is 4.79 Å². The van der Waals surface area contributed by atoms with Crippen molar-refractivity contribution in [1.29, 1.82) is 0 Å². The number of rotatable bonds is 3. The zero-order valence-electron chi connectivity index (χ0n) is 6.48. The van der Waals surface area contributed by atoms with Crippen molar-refractivity contribution in [1.82, 2.24) is 0 Å². The molecule has 6 nitrogen and oxygen atoms in total. The molecule has 70 valence electrons. The number of nitrogens with one attached hydrogen (secondary N) is 2. The molecule has 0 aliphatic carbocycles. The predicted molar refractivity (Wildman–Crippen MR) is 44.2 cm³/mol. The van der Waals surface area contributed by atoms with Crippen LogP contribution in [-0.2, 0) is 0 Å². The molecule has 0 heterocycles. The van der Waals surface area contributed by atoms with E-state index in [4.69, 9.17) is 15.5 Å². The highest BCUT2D eigenvalue weighted by molar-refractivity contribution is 5.90. The monoisotopic (exact) mass is 184 g/mol. The quantitative estimate of drug-likeness (QED) is 0.449. The van der Waals surface area contributed by atoms with Gasteiger partial charge in [0.2, 0.25) is 0 Å². The van der Waals surface area contributed by atoms with E-state index < -0.39 is 5.97 Å². The summed E-state index contributed by atoms with van der Waals surface area (Å²) in [6.07, 6.45) is 0. The summed E-state index contributed by atoms with van der Waals surface area (Å²) in [4.78, 5) is 10.5. The Labute approximate surface area is 73.3 Å². The van der Waals surface area contributed by atoms with Gasteiger partial charge < -0.3 is 5.11 Å². The highest BCUT2D eigenvalue weighted by Gasteiger charge is 2.05. The lowest BCUT2D eigenvalue weighted by molar-refractivity contribution is 0.0697. The number of anilines is 2. The van der Waals surface area contributed by atoms with Crippen LogP contribution in [0.3, 0.4) is 0 Å². The summed E-state index contributed by atoms with van der Waals surface area (Å²) in [5, 5.41) is 25.6. The first-order chi connectivity index (χ1) is 6.17. The standard InChI is InChI=1S/C7H8N2O4/c10-7(11)4-1-5(8-12)3-6(2-4)9-13/h1-3,8-9,12-13H,(H,10,11). The molecule has 5 N–H and O–H groups in total. The summed E-state index contributed by atoms with van der Waals surface area (Å²) in [6.45, 7) is 0. The number of hydrogen-bond acceptors (Lipinski definition) is 5. The van der Waals surface area contributed by atoms with E-state index in [1.54, 1.807) is 11.0 Å². The highest BCUT2D eigenvalue weighted by atomic mass is 16.5. The topological polar surface area (TPSA) is 102 Å². The molecule has 0 saturated carbocycles. The van der Waals surface area contributed by atoms with E-state index in [0.717, 1.165) is 0 Å². The van der Waals surface area contributed by atoms with E-state index in [1.807, 2.05) is 0 Å². The maximum absolute atomic E-state index is 10.5. The molecule has 0 saturated heterocycles. The van der Waals surface area contributed by atoms with Crippen LogP contribution >= 0.6 is 0 Å². The van der Waals surface area contributed by atoms with E-state index in [1.165, 1.54) is 18.2 Å². The van der Waals surface area contributed by atoms with Gasteiger partial charge in [-0.05, 0) is 18.2 Å². The molecule has 13 heavy (non-hydrogen) atoms. The normalized spacial score (nSPS) is 9.38. The van der Waals surface area contributed by atoms with Crippen LogP contribution in [0, 0.1) is 0 Å². The Hall–Kier alpha value is -1.79. The average molecular weight is 184 g/mol. The lowest BCUT2D eigenvalue weighted by Gasteiger charge is -2.04. The minimum absolute atomic E-state index is 0.0457. The van der Waals surface area contributed by atoms with Gasteiger partial charge in [0.15, 0.2) is 0 Å². The summed E-state index contributed by atoms with van der Waals surface area (Å²) in [5.74, 6) is -1.14. The van der Waals surface area contributed by atoms with Crippen LogP contribution in [0.1, 0.15) is 10.4 Å². The number of aromatic carboxylic acids is 1. The molecule has 0 bridgehead atoms. The molecular formula is C7H8N2O4. The van der Waals surface area contributed by atoms with E-state index in [0.29, 0.717) is 0 Å². The lowest BCUT2D eigenvalue weighted by Crippen LogP contribution is -2.01. The van der Waals surface area contributed by atoms with Crippen molar-refractivity contribution in [2.24, 2.45) is 0 Å². The van der Waals surface area contributed by atoms with Crippen LogP contribution in [0.25, 0.3) is 0 Å². The molecule has 0 atom stereocenters. The van der Waals surface area contributed by atoms with Gasteiger partial charge in [0.05, 0.1) is 16.9 Å². The molecule has 0 aromatic heterocycles. The Bertz CT molecular complexity index is 304. The largest absolute Gasteiger partial charge is 0.478 e. The molecule has 0 fully saturated rings. The number of carboxylic acids is 1. The van der Waals surface area contributed by atoms with Crippen LogP contribution in [0.2, 0.25) is 0 Å². The summed E-state index contributed by atoms with van der Waals surface area (Å²) >= 11 is 0. The Morgan fingerprint density at radius 3 is 1.85 bits per heavy atom. The SMILES string of the molecule is O=C(O)c1cc(NO)cc(NO)c1. The Morgan fingerprint density at radius 2 is 1.54 bits per heavy atom. The molecule has 6 heteroatoms. The van der Waals surface area contributed by atoms with Gasteiger partial charge in [-0.2, -0.15) is 0 Å². The maximum atomic E-state index is 10.5. The van der Waals surface area contributed by atoms with Gasteiger partial charge in [-0.3, -0.25) is 21.4 Å². The second-order valence-corrected chi connectivity index (χ2v) is 2.33. The third-order valence-corrected chi connectivity index (χ3v) is 1.44. The molecule has 1 aromatic carbocycles. The maximum Gasteiger partial charge on any atom is 0.335 e. The number of hydrogen-bond donors (Lipinski definition) is 5. The summed E-state index contributed by atoms with van der Waals surface area (Å²) in [7, 11) is 0. The van der Waals surface area contributed by atoms with Gasteiger partial charge >= 0.3 is 5.97 Å². The van der Waals surface area contributed by atoms with Gasteiger partial charge in [0.25, 0.3) is 0 Å². The third-order valence-electron chi connectivity index (χ3n) is 1.44. The van der Waals surface area contributed by atoms with E-state index in [2.05, 4.69) is 0 Å². The van der Waals surface area contributed by atoms with Crippen LogP contribution in [-0.4, -0.2) is 21.5 Å². The number of carboxylic acid groups (broad SMARTS) is 1. The Morgan fingerprint density at radius 1 is 1.08 bits per heavy atom. The number of benzene rings is 1. The third kappa shape index (κ3) is 2.08. The zero-order chi connectivity index (χ0) is 9.84. The molecule has 0 aliphatic heterocycles. The van der Waals surface area contributed by atoms with E-state index >= 15 is 0 Å². The van der Waals surface area contributed by atoms with E-state index in [-0.39, 0.29) is 16.9 Å². The van der Waals surface area contributed by atoms with Crippen LogP contribution in [0.5, 0.6) is 0 Å². The molecular weight excluding hydrogens is 176 g/mol. The van der Waals surface area contributed by atoms with Crippen molar-refractivity contribution in [3.05, 3.63) is 23.8 Å². The van der Waals surface area contributed by atoms with Gasteiger partial charge in [-0.1, -0.05) is 0 Å². The Kier molecular flexibility index (Phi) is 2.68. The first kappa shape index (κ1) is 9.30. The zero-order valence-corrected chi connectivity index (χ0v) is 6.48. The molecule has 0 amide bonds. The van der Waals surface area contributed by atoms with Gasteiger partial charge in [-0.15, -0.1) is 0 Å². The smallest absolute Gasteiger partial charge is 0.335 e. The van der Waals surface area contributed by atoms with E-state index in [9.17, 15) is 4.79 Å². The molecule has 0 aliphatic rings. The molecule has 0 unspecified atom stereocenters. The fourth-order valence-electron chi connectivity index (χ4n) is 0.880. The minimum Gasteiger partial charge on any atom is -0.478 e. The molecule has 1 aromatic rings. The summed E-state index contributed by atoms with van der Waals surface area (Å²) in [6, 6.07) is 3.79. The Balaban J connectivity index is 3.14. The van der Waals surface area contributed by atoms with Crippen molar-refractivity contribution in [3.63, 3.8) is 0 Å². The van der Waals surface area contributed by atoms with Crippen LogP contribution in [0.4, 0.5) is 11.4 Å². The van der Waals surface area contributed by atoms with Crippen LogP contribution < -0.4 is 11.0 Å². The fraction of sp³-hybridized carbons (Fsp3) is 0. The summed E-state index contributed by atoms with van der Waals surface area (Å²) in [5.41, 5.74) is 3.87. The lowest BCUT2D eigenvalue weighted by atomic mass is 10.2. The first-order valence-corrected chi connectivity index (χ1v) is 3.36. The van der Waals surface area contributed by atoms with Gasteiger partial charge in [0.1, 0.15) is 0 Å². The first-order valence-electron chi connectivity index (χ1n) is 3.36. The van der Waals surface area contributed by atoms with Crippen molar-refractivity contribution in [3.8, 4) is 0 Å². The fourth-order valence-corrected chi connectivity index (χ4v) is 0.880. The second-order valence-electron chi connectivity index (χ2n) is 2.33. The summed E-state index contributed by atoms with van der Waals surface area (Å²) < 4.78 is 0. The van der Waals surface area contributed by atoms with Crippen molar-refractivity contribution in [2.45, 2.75) is 0 Å². The minimum atomic E-state index is -1.14. The predicted octanol–water partition coefficient (Wildman–Crippen LogP) is 0.987. The molecule has 1 rings (SSSR count). The van der Waals surface area contributed by atoms with Crippen molar-refractivity contribution in [2.75, 3.05) is 11.0 Å². The number of carbonyl (C=O) groups is 1. The second kappa shape index (κ2) is 3.74. The molecule has 0 radical (unpaired) electrons. The van der Waals surface area contributed by atoms with Crippen molar-refractivity contribution >= 4 is 17.3 Å². The molecule has 0 spiro atoms. The van der Waals surface area contributed by atoms with Crippen LogP contribution in [0.15, 0.2) is 18.2 Å². The van der Waals surface area contributed by atoms with Crippen molar-refractivity contribution < 1.29 is 20.3 Å².